The van der Waals surface area contributed by atoms with Gasteiger partial charge in [-0.1, -0.05) is 19.1 Å². The number of benzene rings is 1. The molecule has 1 aromatic carbocycles. The molecule has 1 saturated heterocycles. The summed E-state index contributed by atoms with van der Waals surface area (Å²) in [6.45, 7) is 9.34. The van der Waals surface area contributed by atoms with Crippen molar-refractivity contribution in [3.05, 3.63) is 45.4 Å². The minimum Gasteiger partial charge on any atom is -0.496 e. The van der Waals surface area contributed by atoms with Crippen LogP contribution in [0.4, 0.5) is 0 Å². The Kier molecular flexibility index (Phi) is 9.15. The van der Waals surface area contributed by atoms with Crippen LogP contribution < -0.4 is 15.4 Å². The first-order valence-electron chi connectivity index (χ1n) is 11.3. The van der Waals surface area contributed by atoms with Crippen molar-refractivity contribution < 1.29 is 4.74 Å². The number of aryl methyl sites for hydroxylation is 2. The van der Waals surface area contributed by atoms with Gasteiger partial charge in [-0.2, -0.15) is 0 Å². The van der Waals surface area contributed by atoms with Gasteiger partial charge in [0.15, 0.2) is 5.96 Å². The summed E-state index contributed by atoms with van der Waals surface area (Å²) >= 11 is 1.79. The fraction of sp³-hybridized carbons (Fsp3) is 0.583. The van der Waals surface area contributed by atoms with Gasteiger partial charge in [0.2, 0.25) is 0 Å². The molecule has 170 valence electrons. The van der Waals surface area contributed by atoms with Crippen molar-refractivity contribution >= 4 is 17.3 Å². The van der Waals surface area contributed by atoms with Crippen molar-refractivity contribution in [2.45, 2.75) is 46.1 Å². The molecule has 0 spiro atoms. The van der Waals surface area contributed by atoms with E-state index < -0.39 is 0 Å². The van der Waals surface area contributed by atoms with Crippen LogP contribution in [0.25, 0.3) is 0 Å². The van der Waals surface area contributed by atoms with Crippen LogP contribution in [-0.2, 0) is 19.4 Å². The second-order valence-corrected chi connectivity index (χ2v) is 9.18. The third-order valence-electron chi connectivity index (χ3n) is 5.95. The maximum absolute atomic E-state index is 5.42. The van der Waals surface area contributed by atoms with Crippen LogP contribution >= 0.6 is 11.3 Å². The third-order valence-corrected chi connectivity index (χ3v) is 7.00. The van der Waals surface area contributed by atoms with Gasteiger partial charge in [-0.05, 0) is 68.8 Å². The Labute approximate surface area is 191 Å². The van der Waals surface area contributed by atoms with E-state index in [0.29, 0.717) is 5.92 Å². The molecule has 1 aromatic heterocycles. The third kappa shape index (κ3) is 7.21. The summed E-state index contributed by atoms with van der Waals surface area (Å²) in [7, 11) is 3.56. The molecule has 7 heteroatoms. The molecular weight excluding hydrogens is 406 g/mol. The lowest BCUT2D eigenvalue weighted by Gasteiger charge is -2.31. The van der Waals surface area contributed by atoms with Crippen molar-refractivity contribution in [1.82, 2.24) is 20.5 Å². The lowest BCUT2D eigenvalue weighted by Crippen LogP contribution is -2.43. The van der Waals surface area contributed by atoms with E-state index in [2.05, 4.69) is 58.0 Å². The Bertz CT molecular complexity index is 842. The van der Waals surface area contributed by atoms with Gasteiger partial charge in [0.25, 0.3) is 0 Å². The van der Waals surface area contributed by atoms with E-state index in [0.717, 1.165) is 57.3 Å². The molecule has 3 rings (SSSR count). The molecule has 2 aromatic rings. The molecule has 0 unspecified atom stereocenters. The van der Waals surface area contributed by atoms with Gasteiger partial charge in [-0.3, -0.25) is 9.89 Å². The van der Waals surface area contributed by atoms with Gasteiger partial charge in [-0.15, -0.1) is 11.3 Å². The van der Waals surface area contributed by atoms with Gasteiger partial charge in [-0.25, -0.2) is 4.98 Å². The Hall–Kier alpha value is -2.12. The highest BCUT2D eigenvalue weighted by Crippen LogP contribution is 2.20. The van der Waals surface area contributed by atoms with Crippen LogP contribution in [0.1, 0.15) is 41.6 Å². The number of likely N-dealkylation sites (tertiary alicyclic amines) is 1. The number of nitrogens with one attached hydrogen (secondary N) is 2. The van der Waals surface area contributed by atoms with E-state index in [1.165, 1.54) is 34.7 Å². The van der Waals surface area contributed by atoms with Crippen molar-refractivity contribution in [3.8, 4) is 5.75 Å². The molecule has 0 bridgehead atoms. The maximum atomic E-state index is 5.42. The van der Waals surface area contributed by atoms with Crippen LogP contribution in [0.5, 0.6) is 5.75 Å². The fourth-order valence-electron chi connectivity index (χ4n) is 3.97. The number of thiazole rings is 1. The maximum Gasteiger partial charge on any atom is 0.190 e. The molecule has 2 N–H and O–H groups in total. The van der Waals surface area contributed by atoms with E-state index in [9.17, 15) is 0 Å². The van der Waals surface area contributed by atoms with E-state index in [1.807, 2.05) is 7.05 Å². The normalized spacial score (nSPS) is 15.8. The van der Waals surface area contributed by atoms with Crippen LogP contribution in [0.3, 0.4) is 0 Å². The quantitative estimate of drug-likeness (QED) is 0.458. The van der Waals surface area contributed by atoms with E-state index >= 15 is 0 Å². The molecular formula is C24H37N5OS. The van der Waals surface area contributed by atoms with Gasteiger partial charge in [0.05, 0.1) is 17.8 Å². The van der Waals surface area contributed by atoms with Crippen molar-refractivity contribution in [2.75, 3.05) is 40.3 Å². The molecule has 1 fully saturated rings. The minimum absolute atomic E-state index is 0.692. The monoisotopic (exact) mass is 443 g/mol. The Morgan fingerprint density at radius 3 is 2.77 bits per heavy atom. The summed E-state index contributed by atoms with van der Waals surface area (Å²) in [5, 5.41) is 10.4. The first-order chi connectivity index (χ1) is 15.1. The topological polar surface area (TPSA) is 61.8 Å². The van der Waals surface area contributed by atoms with E-state index in [4.69, 9.17) is 9.72 Å². The van der Waals surface area contributed by atoms with Crippen LogP contribution in [-0.4, -0.2) is 56.2 Å². The zero-order chi connectivity index (χ0) is 22.1. The molecule has 0 saturated carbocycles. The van der Waals surface area contributed by atoms with Gasteiger partial charge in [0, 0.05) is 32.1 Å². The summed E-state index contributed by atoms with van der Waals surface area (Å²) in [5.74, 6) is 2.53. The van der Waals surface area contributed by atoms with Crippen LogP contribution in [0, 0.1) is 12.8 Å². The van der Waals surface area contributed by atoms with Crippen molar-refractivity contribution in [3.63, 3.8) is 0 Å². The standard InChI is InChI=1S/C24H37N5OS/c1-5-23-28-21(17-31-23)16-29-12-9-20(10-13-29)15-27-24(25-3)26-11-8-19-7-6-18(2)22(14-19)30-4/h6-7,14,17,20H,5,8-13,15-16H2,1-4H3,(H2,25,26,27). The predicted octanol–water partition coefficient (Wildman–Crippen LogP) is 3.64. The van der Waals surface area contributed by atoms with Crippen LogP contribution in [0.2, 0.25) is 0 Å². The Morgan fingerprint density at radius 2 is 2.10 bits per heavy atom. The second kappa shape index (κ2) is 12.1. The molecule has 0 radical (unpaired) electrons. The molecule has 0 atom stereocenters. The number of rotatable bonds is 9. The number of hydrogen-bond acceptors (Lipinski definition) is 5. The molecule has 31 heavy (non-hydrogen) atoms. The average Bonchev–Trinajstić information content (AvgIpc) is 3.25. The highest BCUT2D eigenvalue weighted by molar-refractivity contribution is 7.09. The summed E-state index contributed by atoms with van der Waals surface area (Å²) in [6, 6.07) is 6.40. The van der Waals surface area contributed by atoms with Gasteiger partial charge >= 0.3 is 0 Å². The fourth-order valence-corrected chi connectivity index (χ4v) is 4.70. The molecule has 2 heterocycles. The molecule has 1 aliphatic rings. The number of nitrogens with zero attached hydrogens (tertiary/aromatic N) is 3. The second-order valence-electron chi connectivity index (χ2n) is 8.24. The highest BCUT2D eigenvalue weighted by atomic mass is 32.1. The van der Waals surface area contributed by atoms with E-state index in [1.54, 1.807) is 18.4 Å². The van der Waals surface area contributed by atoms with Crippen molar-refractivity contribution in [1.29, 1.82) is 0 Å². The minimum atomic E-state index is 0.692. The Morgan fingerprint density at radius 1 is 1.29 bits per heavy atom. The van der Waals surface area contributed by atoms with E-state index in [-0.39, 0.29) is 0 Å². The van der Waals surface area contributed by atoms with Crippen LogP contribution in [0.15, 0.2) is 28.6 Å². The molecule has 6 nitrogen and oxygen atoms in total. The molecule has 0 aliphatic carbocycles. The average molecular weight is 444 g/mol. The van der Waals surface area contributed by atoms with Crippen molar-refractivity contribution in [2.24, 2.45) is 10.9 Å². The number of aliphatic imine (C=N–C) groups is 1. The highest BCUT2D eigenvalue weighted by Gasteiger charge is 2.20. The summed E-state index contributed by atoms with van der Waals surface area (Å²) < 4.78 is 5.42. The number of piperidine rings is 1. The number of guanidine groups is 1. The molecule has 1 aliphatic heterocycles. The number of aromatic nitrogens is 1. The number of methoxy groups -OCH3 is 1. The first-order valence-corrected chi connectivity index (χ1v) is 12.2. The van der Waals surface area contributed by atoms with Gasteiger partial charge < -0.3 is 15.4 Å². The number of hydrogen-bond donors (Lipinski definition) is 2. The smallest absolute Gasteiger partial charge is 0.190 e. The lowest BCUT2D eigenvalue weighted by atomic mass is 9.97. The SMILES string of the molecule is CCc1nc(CN2CCC(CNC(=NC)NCCc3ccc(C)c(OC)c3)CC2)cs1. The number of ether oxygens (including phenoxy) is 1. The largest absolute Gasteiger partial charge is 0.496 e. The van der Waals surface area contributed by atoms with Gasteiger partial charge in [0.1, 0.15) is 5.75 Å². The Balaban J connectivity index is 1.34. The summed E-state index contributed by atoms with van der Waals surface area (Å²) in [5.41, 5.74) is 3.66. The lowest BCUT2D eigenvalue weighted by molar-refractivity contribution is 0.176. The molecule has 0 amide bonds. The zero-order valence-electron chi connectivity index (χ0n) is 19.4. The summed E-state index contributed by atoms with van der Waals surface area (Å²) in [4.78, 5) is 11.6. The summed E-state index contributed by atoms with van der Waals surface area (Å²) in [6.07, 6.45) is 4.41. The zero-order valence-corrected chi connectivity index (χ0v) is 20.2. The predicted molar refractivity (Wildman–Crippen MR) is 130 cm³/mol. The first kappa shape index (κ1) is 23.5.